The van der Waals surface area contributed by atoms with Crippen LogP contribution in [0.5, 0.6) is 0 Å². The van der Waals surface area contributed by atoms with E-state index in [1.165, 1.54) is 18.5 Å². The molecule has 5 nitrogen and oxygen atoms in total. The van der Waals surface area contributed by atoms with Crippen LogP contribution in [-0.4, -0.2) is 50.0 Å². The van der Waals surface area contributed by atoms with E-state index in [0.717, 1.165) is 64.3 Å². The Kier molecular flexibility index (Phi) is 7.27. The molecule has 0 N–H and O–H groups in total. The minimum atomic E-state index is 0. The van der Waals surface area contributed by atoms with E-state index in [2.05, 4.69) is 48.9 Å². The molecule has 2 aromatic heterocycles. The lowest BCUT2D eigenvalue weighted by Gasteiger charge is -2.21. The Morgan fingerprint density at radius 1 is 1.08 bits per heavy atom. The summed E-state index contributed by atoms with van der Waals surface area (Å²) in [4.78, 5) is 7.26. The zero-order valence-corrected chi connectivity index (χ0v) is 23.4. The molecule has 188 valence electrons. The fourth-order valence-electron chi connectivity index (χ4n) is 5.59. The third-order valence-electron chi connectivity index (χ3n) is 7.51. The average Bonchev–Trinajstić information content (AvgIpc) is 3.22. The highest BCUT2D eigenvalue weighted by Gasteiger charge is 2.60. The van der Waals surface area contributed by atoms with E-state index in [4.69, 9.17) is 23.2 Å². The van der Waals surface area contributed by atoms with Crippen LogP contribution < -0.4 is 0 Å². The van der Waals surface area contributed by atoms with Gasteiger partial charge in [-0.25, -0.2) is 0 Å². The summed E-state index contributed by atoms with van der Waals surface area (Å²) in [7, 11) is 2.05. The van der Waals surface area contributed by atoms with Crippen LogP contribution in [0.2, 0.25) is 10.0 Å². The van der Waals surface area contributed by atoms with Crippen LogP contribution >= 0.6 is 47.4 Å². The minimum absolute atomic E-state index is 0. The number of halogens is 3. The van der Waals surface area contributed by atoms with Crippen LogP contribution in [0.3, 0.4) is 0 Å². The SMILES string of the molecule is Cc1ccc2c(-c3nnc(SCCCN4CC5CC5(c5ccc(Cl)c(Cl)c5)C4)n3C)cccc2n1.Cl. The molecule has 1 aliphatic carbocycles. The number of nitrogens with zero attached hydrogens (tertiary/aromatic N) is 5. The number of benzene rings is 2. The van der Waals surface area contributed by atoms with Crippen molar-refractivity contribution in [3.05, 3.63) is 69.8 Å². The molecule has 2 aliphatic rings. The monoisotopic (exact) mass is 559 g/mol. The highest BCUT2D eigenvalue weighted by Crippen LogP contribution is 2.59. The second kappa shape index (κ2) is 10.1. The predicted molar refractivity (Wildman–Crippen MR) is 152 cm³/mol. The van der Waals surface area contributed by atoms with Crippen molar-refractivity contribution < 1.29 is 0 Å². The van der Waals surface area contributed by atoms with Crippen molar-refractivity contribution in [3.63, 3.8) is 0 Å². The van der Waals surface area contributed by atoms with Crippen LogP contribution in [-0.2, 0) is 12.5 Å². The molecule has 36 heavy (non-hydrogen) atoms. The zero-order valence-electron chi connectivity index (χ0n) is 20.2. The molecule has 2 atom stereocenters. The third kappa shape index (κ3) is 4.63. The number of thioether (sulfide) groups is 1. The fourth-order valence-corrected chi connectivity index (χ4v) is 6.72. The normalized spacial score (nSPS) is 20.9. The molecule has 1 aliphatic heterocycles. The molecule has 2 unspecified atom stereocenters. The van der Waals surface area contributed by atoms with Crippen LogP contribution in [0.25, 0.3) is 22.3 Å². The molecule has 9 heteroatoms. The number of aromatic nitrogens is 4. The molecule has 4 aromatic rings. The summed E-state index contributed by atoms with van der Waals surface area (Å²) in [5.41, 5.74) is 4.70. The van der Waals surface area contributed by atoms with Crippen molar-refractivity contribution in [2.45, 2.75) is 30.3 Å². The maximum Gasteiger partial charge on any atom is 0.191 e. The first-order valence-electron chi connectivity index (χ1n) is 12.0. The summed E-state index contributed by atoms with van der Waals surface area (Å²) >= 11 is 14.2. The van der Waals surface area contributed by atoms with Crippen molar-refractivity contribution in [2.75, 3.05) is 25.4 Å². The summed E-state index contributed by atoms with van der Waals surface area (Å²) in [6.45, 7) is 5.41. The molecule has 6 rings (SSSR count). The van der Waals surface area contributed by atoms with Gasteiger partial charge < -0.3 is 9.47 Å². The molecule has 2 aromatic carbocycles. The number of fused-ring (bicyclic) bond motifs is 2. The maximum atomic E-state index is 6.29. The van der Waals surface area contributed by atoms with E-state index >= 15 is 0 Å². The lowest BCUT2D eigenvalue weighted by molar-refractivity contribution is 0.299. The van der Waals surface area contributed by atoms with Crippen LogP contribution in [0.1, 0.15) is 24.1 Å². The van der Waals surface area contributed by atoms with Crippen LogP contribution in [0.4, 0.5) is 0 Å². The first-order valence-corrected chi connectivity index (χ1v) is 13.8. The number of aryl methyl sites for hydroxylation is 1. The molecule has 1 saturated carbocycles. The van der Waals surface area contributed by atoms with Crippen molar-refractivity contribution in [1.29, 1.82) is 0 Å². The third-order valence-corrected chi connectivity index (χ3v) is 9.35. The number of hydrogen-bond acceptors (Lipinski definition) is 5. The van der Waals surface area contributed by atoms with E-state index in [1.807, 2.05) is 38.2 Å². The van der Waals surface area contributed by atoms with Crippen molar-refractivity contribution in [2.24, 2.45) is 13.0 Å². The van der Waals surface area contributed by atoms with Gasteiger partial charge in [-0.15, -0.1) is 22.6 Å². The lowest BCUT2D eigenvalue weighted by atomic mass is 9.95. The van der Waals surface area contributed by atoms with Crippen LogP contribution in [0, 0.1) is 12.8 Å². The second-order valence-corrected chi connectivity index (χ2v) is 11.7. The molecule has 0 amide bonds. The average molecular weight is 561 g/mol. The topological polar surface area (TPSA) is 46.8 Å². The van der Waals surface area contributed by atoms with Crippen molar-refractivity contribution in [3.8, 4) is 11.4 Å². The Hall–Kier alpha value is -1.83. The number of pyridine rings is 1. The number of likely N-dealkylation sites (tertiary alicyclic amines) is 1. The first kappa shape index (κ1) is 25.8. The Balaban J connectivity index is 0.00000267. The molecule has 0 radical (unpaired) electrons. The first-order chi connectivity index (χ1) is 16.9. The molecular formula is C27H28Cl3N5S. The minimum Gasteiger partial charge on any atom is -0.305 e. The van der Waals surface area contributed by atoms with Crippen LogP contribution in [0.15, 0.2) is 53.7 Å². The largest absolute Gasteiger partial charge is 0.305 e. The Labute approximate surface area is 232 Å². The summed E-state index contributed by atoms with van der Waals surface area (Å²) in [5.74, 6) is 2.64. The van der Waals surface area contributed by atoms with Gasteiger partial charge in [-0.05, 0) is 62.1 Å². The Bertz CT molecular complexity index is 1420. The number of rotatable bonds is 7. The molecule has 2 fully saturated rings. The zero-order chi connectivity index (χ0) is 24.2. The molecule has 3 heterocycles. The molecule has 0 bridgehead atoms. The van der Waals surface area contributed by atoms with E-state index < -0.39 is 0 Å². The summed E-state index contributed by atoms with van der Waals surface area (Å²) in [6.07, 6.45) is 2.38. The highest BCUT2D eigenvalue weighted by atomic mass is 35.5. The highest BCUT2D eigenvalue weighted by molar-refractivity contribution is 7.99. The van der Waals surface area contributed by atoms with E-state index in [-0.39, 0.29) is 17.8 Å². The predicted octanol–water partition coefficient (Wildman–Crippen LogP) is 6.82. The van der Waals surface area contributed by atoms with Gasteiger partial charge in [0.1, 0.15) is 0 Å². The van der Waals surface area contributed by atoms with Gasteiger partial charge in [0.15, 0.2) is 11.0 Å². The van der Waals surface area contributed by atoms with Gasteiger partial charge in [0, 0.05) is 47.9 Å². The molecule has 1 saturated heterocycles. The van der Waals surface area contributed by atoms with Gasteiger partial charge in [-0.3, -0.25) is 4.98 Å². The molecular weight excluding hydrogens is 533 g/mol. The Morgan fingerprint density at radius 2 is 1.94 bits per heavy atom. The van der Waals surface area contributed by atoms with Gasteiger partial charge in [0.05, 0.1) is 15.6 Å². The number of hydrogen-bond donors (Lipinski definition) is 0. The quantitative estimate of drug-likeness (QED) is 0.183. The van der Waals surface area contributed by atoms with Crippen molar-refractivity contribution >= 4 is 58.3 Å². The Morgan fingerprint density at radius 3 is 2.78 bits per heavy atom. The number of piperidine rings is 1. The van der Waals surface area contributed by atoms with E-state index in [0.29, 0.717) is 10.0 Å². The summed E-state index contributed by atoms with van der Waals surface area (Å²) < 4.78 is 2.10. The summed E-state index contributed by atoms with van der Waals surface area (Å²) in [6, 6.07) is 16.5. The lowest BCUT2D eigenvalue weighted by Crippen LogP contribution is -2.27. The van der Waals surface area contributed by atoms with Crippen molar-refractivity contribution in [1.82, 2.24) is 24.6 Å². The van der Waals surface area contributed by atoms with E-state index in [1.54, 1.807) is 11.8 Å². The maximum absolute atomic E-state index is 6.29. The van der Waals surface area contributed by atoms with Gasteiger partial charge in [-0.2, -0.15) is 0 Å². The molecule has 0 spiro atoms. The van der Waals surface area contributed by atoms with Gasteiger partial charge >= 0.3 is 0 Å². The smallest absolute Gasteiger partial charge is 0.191 e. The van der Waals surface area contributed by atoms with Gasteiger partial charge in [-0.1, -0.05) is 59.2 Å². The van der Waals surface area contributed by atoms with E-state index in [9.17, 15) is 0 Å². The summed E-state index contributed by atoms with van der Waals surface area (Å²) in [5, 5.41) is 12.4. The standard InChI is InChI=1S/C27H27Cl2N5S.ClH/c1-17-7-9-20-21(5-3-6-24(20)30-17)25-31-32-26(33(25)2)35-12-4-11-34-15-19-14-27(19,16-34)18-8-10-22(28)23(29)13-18;/h3,5-10,13,19H,4,11-12,14-16H2,1-2H3;1H. The second-order valence-electron chi connectivity index (χ2n) is 9.81. The van der Waals surface area contributed by atoms with Gasteiger partial charge in [0.25, 0.3) is 0 Å². The van der Waals surface area contributed by atoms with Gasteiger partial charge in [0.2, 0.25) is 0 Å². The fraction of sp³-hybridized carbons (Fsp3) is 0.370.